The van der Waals surface area contributed by atoms with Crippen molar-refractivity contribution < 1.29 is 24.9 Å². The molecule has 0 bridgehead atoms. The number of aromatic amines is 1. The number of nitrogens with one attached hydrogen (secondary N) is 1. The first kappa shape index (κ1) is 16.1. The second-order valence-corrected chi connectivity index (χ2v) is 5.63. The molecular formula is C10H12IN3O7. The van der Waals surface area contributed by atoms with Gasteiger partial charge >= 0.3 is 5.69 Å². The molecule has 0 saturated carbocycles. The highest BCUT2D eigenvalue weighted by atomic mass is 127. The topological polar surface area (TPSA) is 168 Å². The summed E-state index contributed by atoms with van der Waals surface area (Å²) in [6, 6.07) is 0. The zero-order chi connectivity index (χ0) is 15.9. The number of nitrogens with two attached hydrogens (primary N) is 1. The quantitative estimate of drug-likeness (QED) is 0.322. The first-order chi connectivity index (χ1) is 9.73. The summed E-state index contributed by atoms with van der Waals surface area (Å²) in [4.78, 5) is 35.9. The van der Waals surface area contributed by atoms with Crippen LogP contribution in [0.2, 0.25) is 0 Å². The highest BCUT2D eigenvalue weighted by Crippen LogP contribution is 2.30. The second-order valence-electron chi connectivity index (χ2n) is 4.46. The smallest absolute Gasteiger partial charge is 0.330 e. The van der Waals surface area contributed by atoms with E-state index in [-0.39, 0.29) is 3.57 Å². The monoisotopic (exact) mass is 413 g/mol. The number of amides is 1. The van der Waals surface area contributed by atoms with Gasteiger partial charge in [-0.05, 0) is 22.6 Å². The van der Waals surface area contributed by atoms with Crippen molar-refractivity contribution in [1.29, 1.82) is 0 Å². The van der Waals surface area contributed by atoms with E-state index in [1.807, 2.05) is 4.98 Å². The Balaban J connectivity index is 2.38. The SMILES string of the molecule is NC(=O)[C@@H](O)[C@H]1O[C@@H](n2cc(I)c(=O)[nH]c2=O)[C@H](O)[C@H]1O. The van der Waals surface area contributed by atoms with Crippen LogP contribution in [0.3, 0.4) is 0 Å². The summed E-state index contributed by atoms with van der Waals surface area (Å²) in [5, 5.41) is 29.2. The third-order valence-corrected chi connectivity index (χ3v) is 3.84. The number of hydrogen-bond donors (Lipinski definition) is 5. The molecule has 116 valence electrons. The Kier molecular flexibility index (Phi) is 4.48. The number of carbonyl (C=O) groups is 1. The molecule has 0 aromatic carbocycles. The predicted octanol–water partition coefficient (Wildman–Crippen LogP) is -3.39. The third-order valence-electron chi connectivity index (χ3n) is 3.08. The van der Waals surface area contributed by atoms with Crippen LogP contribution < -0.4 is 17.0 Å². The van der Waals surface area contributed by atoms with Gasteiger partial charge in [-0.1, -0.05) is 0 Å². The van der Waals surface area contributed by atoms with E-state index in [0.29, 0.717) is 0 Å². The fourth-order valence-electron chi connectivity index (χ4n) is 1.99. The van der Waals surface area contributed by atoms with Crippen molar-refractivity contribution in [2.75, 3.05) is 0 Å². The summed E-state index contributed by atoms with van der Waals surface area (Å²) >= 11 is 1.67. The highest BCUT2D eigenvalue weighted by molar-refractivity contribution is 14.1. The van der Waals surface area contributed by atoms with Gasteiger partial charge in [-0.2, -0.15) is 0 Å². The zero-order valence-corrected chi connectivity index (χ0v) is 12.5. The zero-order valence-electron chi connectivity index (χ0n) is 10.3. The molecule has 1 aromatic heterocycles. The van der Waals surface area contributed by atoms with E-state index < -0.39 is 47.8 Å². The number of H-pyrrole nitrogens is 1. The number of nitrogens with zero attached hydrogens (tertiary/aromatic N) is 1. The molecule has 1 aliphatic rings. The van der Waals surface area contributed by atoms with Crippen molar-refractivity contribution in [1.82, 2.24) is 9.55 Å². The van der Waals surface area contributed by atoms with Gasteiger partial charge in [0.15, 0.2) is 12.3 Å². The van der Waals surface area contributed by atoms with Gasteiger partial charge in [0.1, 0.15) is 18.3 Å². The fourth-order valence-corrected chi connectivity index (χ4v) is 2.42. The van der Waals surface area contributed by atoms with E-state index in [9.17, 15) is 29.7 Å². The first-order valence-electron chi connectivity index (χ1n) is 5.74. The van der Waals surface area contributed by atoms with Crippen LogP contribution in [0, 0.1) is 3.57 Å². The van der Waals surface area contributed by atoms with Crippen LogP contribution in [-0.4, -0.2) is 55.2 Å². The minimum absolute atomic E-state index is 0.149. The summed E-state index contributed by atoms with van der Waals surface area (Å²) in [6.45, 7) is 0. The lowest BCUT2D eigenvalue weighted by Crippen LogP contribution is -2.45. The van der Waals surface area contributed by atoms with Crippen molar-refractivity contribution in [3.63, 3.8) is 0 Å². The first-order valence-corrected chi connectivity index (χ1v) is 6.82. The Labute approximate surface area is 130 Å². The molecule has 0 spiro atoms. The lowest BCUT2D eigenvalue weighted by atomic mass is 10.1. The molecule has 1 fully saturated rings. The lowest BCUT2D eigenvalue weighted by Gasteiger charge is -2.18. The van der Waals surface area contributed by atoms with Gasteiger partial charge in [-0.25, -0.2) is 4.79 Å². The normalized spacial score (nSPS) is 30.3. The van der Waals surface area contributed by atoms with E-state index in [1.165, 1.54) is 0 Å². The standard InChI is InChI=1S/C10H12IN3O7/c11-2-1-14(10(20)13-8(2)19)9-4(16)3(15)6(21-9)5(17)7(12)18/h1,3-6,9,15-17H,(H2,12,18)(H,13,19,20)/t3-,4-,5+,6+,9-/m1/s1. The Hall–Kier alpha value is -1.28. The Morgan fingerprint density at radius 1 is 1.43 bits per heavy atom. The lowest BCUT2D eigenvalue weighted by molar-refractivity contribution is -0.140. The molecule has 10 nitrogen and oxygen atoms in total. The van der Waals surface area contributed by atoms with Gasteiger partial charge in [-0.3, -0.25) is 19.1 Å². The van der Waals surface area contributed by atoms with Crippen LogP contribution in [0.25, 0.3) is 0 Å². The number of aliphatic hydroxyl groups is 3. The number of carbonyl (C=O) groups excluding carboxylic acids is 1. The minimum Gasteiger partial charge on any atom is -0.387 e. The van der Waals surface area contributed by atoms with Crippen LogP contribution in [0.4, 0.5) is 0 Å². The second kappa shape index (κ2) is 5.84. The van der Waals surface area contributed by atoms with Crippen LogP contribution in [0.15, 0.2) is 15.8 Å². The number of rotatable bonds is 3. The molecule has 6 N–H and O–H groups in total. The molecule has 1 aliphatic heterocycles. The van der Waals surface area contributed by atoms with Crippen LogP contribution in [0.1, 0.15) is 6.23 Å². The molecule has 0 radical (unpaired) electrons. The summed E-state index contributed by atoms with van der Waals surface area (Å²) in [7, 11) is 0. The van der Waals surface area contributed by atoms with Crippen molar-refractivity contribution >= 4 is 28.5 Å². The maximum Gasteiger partial charge on any atom is 0.330 e. The van der Waals surface area contributed by atoms with Gasteiger partial charge < -0.3 is 25.8 Å². The summed E-state index contributed by atoms with van der Waals surface area (Å²) in [5.41, 5.74) is 3.42. The molecule has 1 amide bonds. The van der Waals surface area contributed by atoms with Gasteiger partial charge in [0.2, 0.25) is 5.91 Å². The molecule has 2 rings (SSSR count). The Morgan fingerprint density at radius 3 is 2.62 bits per heavy atom. The number of hydrogen-bond acceptors (Lipinski definition) is 7. The van der Waals surface area contributed by atoms with E-state index in [2.05, 4.69) is 0 Å². The summed E-state index contributed by atoms with van der Waals surface area (Å²) < 4.78 is 6.16. The molecular weight excluding hydrogens is 401 g/mol. The molecule has 1 saturated heterocycles. The van der Waals surface area contributed by atoms with Crippen LogP contribution in [0.5, 0.6) is 0 Å². The number of primary amides is 1. The van der Waals surface area contributed by atoms with Gasteiger partial charge in [0.25, 0.3) is 5.56 Å². The molecule has 2 heterocycles. The van der Waals surface area contributed by atoms with E-state index in [1.54, 1.807) is 22.6 Å². The Morgan fingerprint density at radius 2 is 2.05 bits per heavy atom. The third kappa shape index (κ3) is 2.87. The van der Waals surface area contributed by atoms with Crippen molar-refractivity contribution in [3.05, 3.63) is 30.6 Å². The van der Waals surface area contributed by atoms with Crippen molar-refractivity contribution in [3.8, 4) is 0 Å². The highest BCUT2D eigenvalue weighted by Gasteiger charge is 2.48. The Bertz CT molecular complexity index is 671. The predicted molar refractivity (Wildman–Crippen MR) is 75.2 cm³/mol. The van der Waals surface area contributed by atoms with Gasteiger partial charge in [0.05, 0.1) is 3.57 Å². The van der Waals surface area contributed by atoms with E-state index >= 15 is 0 Å². The minimum atomic E-state index is -1.85. The number of aromatic nitrogens is 2. The largest absolute Gasteiger partial charge is 0.387 e. The van der Waals surface area contributed by atoms with Crippen molar-refractivity contribution in [2.24, 2.45) is 5.73 Å². The maximum atomic E-state index is 11.7. The average Bonchev–Trinajstić information content (AvgIpc) is 2.70. The van der Waals surface area contributed by atoms with Crippen molar-refractivity contribution in [2.45, 2.75) is 30.6 Å². The van der Waals surface area contributed by atoms with Gasteiger partial charge in [-0.15, -0.1) is 0 Å². The molecule has 1 aromatic rings. The van der Waals surface area contributed by atoms with E-state index in [0.717, 1.165) is 10.8 Å². The summed E-state index contributed by atoms with van der Waals surface area (Å²) in [6.07, 6.45) is -6.81. The van der Waals surface area contributed by atoms with Crippen LogP contribution >= 0.6 is 22.6 Å². The molecule has 11 heteroatoms. The number of aliphatic hydroxyl groups excluding tert-OH is 3. The molecule has 21 heavy (non-hydrogen) atoms. The average molecular weight is 413 g/mol. The summed E-state index contributed by atoms with van der Waals surface area (Å²) in [5.74, 6) is -1.14. The fraction of sp³-hybridized carbons (Fsp3) is 0.500. The maximum absolute atomic E-state index is 11.7. The molecule has 0 aliphatic carbocycles. The number of ether oxygens (including phenoxy) is 1. The molecule has 5 atom stereocenters. The molecule has 0 unspecified atom stereocenters. The number of halogens is 1. The van der Waals surface area contributed by atoms with Crippen LogP contribution in [-0.2, 0) is 9.53 Å². The van der Waals surface area contributed by atoms with E-state index in [4.69, 9.17) is 10.5 Å². The van der Waals surface area contributed by atoms with Gasteiger partial charge in [0, 0.05) is 6.20 Å².